The topological polar surface area (TPSA) is 67.6 Å². The summed E-state index contributed by atoms with van der Waals surface area (Å²) in [4.78, 5) is 4.23. The van der Waals surface area contributed by atoms with Crippen molar-refractivity contribution < 1.29 is 4.39 Å². The normalized spacial score (nSPS) is 10.5. The molecule has 0 fully saturated rings. The highest BCUT2D eigenvalue weighted by Crippen LogP contribution is 2.19. The van der Waals surface area contributed by atoms with Gasteiger partial charge < -0.3 is 5.73 Å². The molecule has 0 radical (unpaired) electrons. The van der Waals surface area contributed by atoms with Crippen molar-refractivity contribution in [1.82, 2.24) is 15.2 Å². The molecule has 1 aromatic carbocycles. The van der Waals surface area contributed by atoms with Gasteiger partial charge in [-0.15, -0.1) is 0 Å². The Hall–Kier alpha value is -1.91. The second kappa shape index (κ2) is 3.68. The van der Waals surface area contributed by atoms with Gasteiger partial charge >= 0.3 is 0 Å². The van der Waals surface area contributed by atoms with Gasteiger partial charge in [0.05, 0.1) is 5.69 Å². The van der Waals surface area contributed by atoms with Gasteiger partial charge in [-0.2, -0.15) is 5.10 Å². The Balaban J connectivity index is 2.40. The van der Waals surface area contributed by atoms with E-state index in [2.05, 4.69) is 15.2 Å². The Labute approximate surface area is 86.3 Å². The summed E-state index contributed by atoms with van der Waals surface area (Å²) in [5.74, 6) is 0.913. The van der Waals surface area contributed by atoms with Crippen LogP contribution in [0.15, 0.2) is 18.2 Å². The Bertz CT molecular complexity index is 478. The second-order valence-electron chi connectivity index (χ2n) is 3.20. The molecule has 4 nitrogen and oxygen atoms in total. The lowest BCUT2D eigenvalue weighted by Crippen LogP contribution is -1.91. The summed E-state index contributed by atoms with van der Waals surface area (Å²) in [6.45, 7) is 1.98. The van der Waals surface area contributed by atoms with Crippen LogP contribution >= 0.6 is 0 Å². The zero-order valence-corrected chi connectivity index (χ0v) is 8.29. The Morgan fingerprint density at radius 1 is 1.47 bits per heavy atom. The summed E-state index contributed by atoms with van der Waals surface area (Å²) in [6, 6.07) is 4.44. The average Bonchev–Trinajstić information content (AvgIpc) is 2.70. The van der Waals surface area contributed by atoms with Crippen LogP contribution in [0.5, 0.6) is 0 Å². The van der Waals surface area contributed by atoms with Gasteiger partial charge in [0.1, 0.15) is 11.6 Å². The first kappa shape index (κ1) is 9.64. The van der Waals surface area contributed by atoms with Crippen LogP contribution in [0, 0.1) is 5.82 Å². The minimum absolute atomic E-state index is 0.107. The number of anilines is 1. The summed E-state index contributed by atoms with van der Waals surface area (Å²) < 4.78 is 12.9. The van der Waals surface area contributed by atoms with Crippen LogP contribution in [0.2, 0.25) is 0 Å². The molecule has 0 saturated heterocycles. The molecule has 0 atom stereocenters. The minimum Gasteiger partial charge on any atom is -0.396 e. The van der Waals surface area contributed by atoms with Crippen molar-refractivity contribution in [3.8, 4) is 11.4 Å². The first-order chi connectivity index (χ1) is 7.20. The van der Waals surface area contributed by atoms with Gasteiger partial charge in [0.15, 0.2) is 5.82 Å². The van der Waals surface area contributed by atoms with E-state index in [0.29, 0.717) is 11.4 Å². The molecule has 0 bridgehead atoms. The van der Waals surface area contributed by atoms with E-state index in [4.69, 9.17) is 5.73 Å². The van der Waals surface area contributed by atoms with Crippen molar-refractivity contribution in [2.45, 2.75) is 13.3 Å². The van der Waals surface area contributed by atoms with E-state index in [1.807, 2.05) is 6.92 Å². The maximum Gasteiger partial charge on any atom is 0.181 e. The van der Waals surface area contributed by atoms with Gasteiger partial charge in [-0.1, -0.05) is 6.92 Å². The zero-order valence-electron chi connectivity index (χ0n) is 8.29. The molecule has 0 unspecified atom stereocenters. The van der Waals surface area contributed by atoms with Crippen molar-refractivity contribution in [3.05, 3.63) is 29.8 Å². The molecular formula is C10H11FN4. The van der Waals surface area contributed by atoms with Crippen molar-refractivity contribution in [1.29, 1.82) is 0 Å². The van der Waals surface area contributed by atoms with Gasteiger partial charge in [-0.25, -0.2) is 9.37 Å². The number of H-pyrrole nitrogens is 1. The number of halogens is 1. The van der Waals surface area contributed by atoms with Crippen LogP contribution in [0.3, 0.4) is 0 Å². The number of aromatic nitrogens is 3. The number of hydrogen-bond acceptors (Lipinski definition) is 3. The van der Waals surface area contributed by atoms with Crippen molar-refractivity contribution in [2.24, 2.45) is 0 Å². The molecule has 1 aromatic heterocycles. The summed E-state index contributed by atoms with van der Waals surface area (Å²) in [6.07, 6.45) is 0.781. The fraction of sp³-hybridized carbons (Fsp3) is 0.200. The highest BCUT2D eigenvalue weighted by molar-refractivity contribution is 5.61. The van der Waals surface area contributed by atoms with Crippen LogP contribution in [0.25, 0.3) is 11.4 Å². The summed E-state index contributed by atoms with van der Waals surface area (Å²) in [5.41, 5.74) is 6.28. The molecule has 0 aliphatic carbocycles. The molecule has 0 aliphatic rings. The molecule has 2 aromatic rings. The SMILES string of the molecule is CCc1nc(-c2ccc(F)c(N)c2)n[nH]1. The van der Waals surface area contributed by atoms with Crippen LogP contribution in [0.1, 0.15) is 12.7 Å². The first-order valence-corrected chi connectivity index (χ1v) is 4.67. The number of nitrogens with zero attached hydrogens (tertiary/aromatic N) is 2. The van der Waals surface area contributed by atoms with E-state index in [9.17, 15) is 4.39 Å². The lowest BCUT2D eigenvalue weighted by atomic mass is 10.2. The lowest BCUT2D eigenvalue weighted by molar-refractivity contribution is 0.632. The van der Waals surface area contributed by atoms with Gasteiger partial charge in [0, 0.05) is 12.0 Å². The fourth-order valence-electron chi connectivity index (χ4n) is 1.27. The van der Waals surface area contributed by atoms with E-state index in [1.54, 1.807) is 6.07 Å². The van der Waals surface area contributed by atoms with Crippen molar-refractivity contribution in [2.75, 3.05) is 5.73 Å². The molecule has 0 aliphatic heterocycles. The molecule has 3 N–H and O–H groups in total. The van der Waals surface area contributed by atoms with Crippen LogP contribution in [0.4, 0.5) is 10.1 Å². The zero-order chi connectivity index (χ0) is 10.8. The molecule has 2 rings (SSSR count). The van der Waals surface area contributed by atoms with Gasteiger partial charge in [-0.05, 0) is 18.2 Å². The number of aryl methyl sites for hydroxylation is 1. The Morgan fingerprint density at radius 2 is 2.27 bits per heavy atom. The summed E-state index contributed by atoms with van der Waals surface area (Å²) in [5, 5.41) is 6.81. The van der Waals surface area contributed by atoms with Gasteiger partial charge in [0.25, 0.3) is 0 Å². The Kier molecular flexibility index (Phi) is 2.37. The summed E-state index contributed by atoms with van der Waals surface area (Å²) in [7, 11) is 0. The number of benzene rings is 1. The predicted octanol–water partition coefficient (Wildman–Crippen LogP) is 1.76. The van der Waals surface area contributed by atoms with Gasteiger partial charge in [0.2, 0.25) is 0 Å². The number of rotatable bonds is 2. The van der Waals surface area contributed by atoms with Crippen LogP contribution in [-0.4, -0.2) is 15.2 Å². The van der Waals surface area contributed by atoms with E-state index < -0.39 is 5.82 Å². The van der Waals surface area contributed by atoms with E-state index in [-0.39, 0.29) is 5.69 Å². The standard InChI is InChI=1S/C10H11FN4/c1-2-9-13-10(15-14-9)6-3-4-7(11)8(12)5-6/h3-5H,2,12H2,1H3,(H,13,14,15). The van der Waals surface area contributed by atoms with Gasteiger partial charge in [-0.3, -0.25) is 5.10 Å². The van der Waals surface area contributed by atoms with Crippen molar-refractivity contribution >= 4 is 5.69 Å². The van der Waals surface area contributed by atoms with E-state index in [0.717, 1.165) is 12.2 Å². The summed E-state index contributed by atoms with van der Waals surface area (Å²) >= 11 is 0. The third-order valence-corrected chi connectivity index (χ3v) is 2.12. The minimum atomic E-state index is -0.426. The number of nitrogen functional groups attached to an aromatic ring is 1. The number of hydrogen-bond donors (Lipinski definition) is 2. The monoisotopic (exact) mass is 206 g/mol. The molecule has 15 heavy (non-hydrogen) atoms. The quantitative estimate of drug-likeness (QED) is 0.735. The third-order valence-electron chi connectivity index (χ3n) is 2.12. The van der Waals surface area contributed by atoms with E-state index >= 15 is 0 Å². The third kappa shape index (κ3) is 1.81. The lowest BCUT2D eigenvalue weighted by Gasteiger charge is -1.98. The van der Waals surface area contributed by atoms with Crippen molar-refractivity contribution in [3.63, 3.8) is 0 Å². The number of nitrogens with one attached hydrogen (secondary N) is 1. The predicted molar refractivity (Wildman–Crippen MR) is 55.6 cm³/mol. The number of aromatic amines is 1. The Morgan fingerprint density at radius 3 is 2.87 bits per heavy atom. The largest absolute Gasteiger partial charge is 0.396 e. The molecule has 0 amide bonds. The average molecular weight is 206 g/mol. The van der Waals surface area contributed by atoms with E-state index in [1.165, 1.54) is 12.1 Å². The van der Waals surface area contributed by atoms with Crippen LogP contribution < -0.4 is 5.73 Å². The molecule has 78 valence electrons. The highest BCUT2D eigenvalue weighted by atomic mass is 19.1. The fourth-order valence-corrected chi connectivity index (χ4v) is 1.27. The maximum atomic E-state index is 12.9. The smallest absolute Gasteiger partial charge is 0.181 e. The molecule has 0 saturated carbocycles. The second-order valence-corrected chi connectivity index (χ2v) is 3.20. The molecule has 5 heteroatoms. The van der Waals surface area contributed by atoms with Crippen LogP contribution in [-0.2, 0) is 6.42 Å². The first-order valence-electron chi connectivity index (χ1n) is 4.67. The molecular weight excluding hydrogens is 195 g/mol. The highest BCUT2D eigenvalue weighted by Gasteiger charge is 2.06. The maximum absolute atomic E-state index is 12.9. The molecule has 0 spiro atoms. The molecule has 1 heterocycles. The number of nitrogens with two attached hydrogens (primary N) is 1.